The van der Waals surface area contributed by atoms with Crippen molar-refractivity contribution in [1.82, 2.24) is 19.4 Å². The van der Waals surface area contributed by atoms with E-state index >= 15 is 0 Å². The number of nitrogens with two attached hydrogens (primary N) is 1. The van der Waals surface area contributed by atoms with Crippen molar-refractivity contribution in [3.8, 4) is 11.6 Å². The van der Waals surface area contributed by atoms with Gasteiger partial charge in [0, 0.05) is 56.7 Å². The molecule has 0 aliphatic heterocycles. The van der Waals surface area contributed by atoms with Gasteiger partial charge in [-0.25, -0.2) is 4.98 Å². The number of nitrogens with one attached hydrogen (secondary N) is 1. The number of hydrogen-bond donors (Lipinski definition) is 2. The quantitative estimate of drug-likeness (QED) is 0.334. The minimum atomic E-state index is 0.444. The third kappa shape index (κ3) is 5.31. The zero-order valence-electron chi connectivity index (χ0n) is 20.9. The summed E-state index contributed by atoms with van der Waals surface area (Å²) in [7, 11) is 9.46. The van der Waals surface area contributed by atoms with Crippen LogP contribution in [0.5, 0.6) is 5.75 Å². The monoisotopic (exact) mass is 475 g/mol. The van der Waals surface area contributed by atoms with Crippen molar-refractivity contribution < 1.29 is 9.47 Å². The highest BCUT2D eigenvalue weighted by atomic mass is 16.5. The summed E-state index contributed by atoms with van der Waals surface area (Å²) in [5.74, 6) is 1.85. The summed E-state index contributed by atoms with van der Waals surface area (Å²) in [6, 6.07) is 13.9. The highest BCUT2D eigenvalue weighted by Gasteiger charge is 2.15. The van der Waals surface area contributed by atoms with Gasteiger partial charge in [0.25, 0.3) is 0 Å². The number of hydrogen-bond acceptors (Lipinski definition) is 8. The maximum atomic E-state index is 6.41. The molecule has 0 bridgehead atoms. The summed E-state index contributed by atoms with van der Waals surface area (Å²) >= 11 is 0. The number of aromatic nitrogens is 3. The number of rotatable bonds is 10. The molecule has 0 radical (unpaired) electrons. The second kappa shape index (κ2) is 10.6. The van der Waals surface area contributed by atoms with Crippen LogP contribution in [-0.2, 0) is 11.3 Å². The molecule has 9 heteroatoms. The zero-order chi connectivity index (χ0) is 24.9. The number of anilines is 4. The fourth-order valence-electron chi connectivity index (χ4n) is 4.03. The Morgan fingerprint density at radius 1 is 1.06 bits per heavy atom. The van der Waals surface area contributed by atoms with E-state index in [0.29, 0.717) is 29.7 Å². The Kier molecular flexibility index (Phi) is 7.38. The van der Waals surface area contributed by atoms with Gasteiger partial charge in [-0.15, -0.1) is 0 Å². The molecular weight excluding hydrogens is 442 g/mol. The fraction of sp³-hybridized carbons (Fsp3) is 0.308. The number of ether oxygens (including phenoxy) is 2. The van der Waals surface area contributed by atoms with Crippen LogP contribution in [0.3, 0.4) is 0 Å². The molecule has 0 atom stereocenters. The predicted molar refractivity (Wildman–Crippen MR) is 142 cm³/mol. The second-order valence-electron chi connectivity index (χ2n) is 8.67. The van der Waals surface area contributed by atoms with E-state index in [2.05, 4.69) is 38.4 Å². The minimum Gasteiger partial charge on any atom is -0.494 e. The normalized spacial score (nSPS) is 11.3. The maximum absolute atomic E-state index is 6.41. The third-order valence-corrected chi connectivity index (χ3v) is 5.87. The van der Waals surface area contributed by atoms with Crippen LogP contribution in [0, 0.1) is 0 Å². The van der Waals surface area contributed by atoms with Crippen LogP contribution < -0.4 is 20.7 Å². The van der Waals surface area contributed by atoms with Crippen LogP contribution in [0.2, 0.25) is 0 Å². The molecule has 4 aromatic rings. The molecule has 0 saturated heterocycles. The number of likely N-dealkylation sites (N-methyl/N-ethyl adjacent to an activating group) is 2. The zero-order valence-corrected chi connectivity index (χ0v) is 20.9. The topological polar surface area (TPSA) is 93.7 Å². The van der Waals surface area contributed by atoms with Crippen molar-refractivity contribution in [3.05, 3.63) is 60.4 Å². The van der Waals surface area contributed by atoms with Crippen LogP contribution in [0.4, 0.5) is 23.0 Å². The number of fused-ring (bicyclic) bond motifs is 1. The Morgan fingerprint density at radius 3 is 2.60 bits per heavy atom. The number of methoxy groups -OCH3 is 2. The predicted octanol–water partition coefficient (Wildman–Crippen LogP) is 3.90. The van der Waals surface area contributed by atoms with Gasteiger partial charge in [0.2, 0.25) is 5.95 Å². The summed E-state index contributed by atoms with van der Waals surface area (Å²) in [4.78, 5) is 13.4. The number of nitrogens with zero attached hydrogens (tertiary/aromatic N) is 5. The highest BCUT2D eigenvalue weighted by molar-refractivity contribution is 5.85. The molecule has 0 aliphatic carbocycles. The first kappa shape index (κ1) is 24.3. The number of nitrogen functional groups attached to an aromatic ring is 1. The molecule has 0 unspecified atom stereocenters. The first-order valence-corrected chi connectivity index (χ1v) is 11.4. The van der Waals surface area contributed by atoms with E-state index in [1.807, 2.05) is 56.0 Å². The summed E-state index contributed by atoms with van der Waals surface area (Å²) in [6.45, 7) is 2.28. The average Bonchev–Trinajstić information content (AvgIpc) is 3.22. The van der Waals surface area contributed by atoms with Crippen molar-refractivity contribution in [2.75, 3.05) is 64.4 Å². The number of para-hydroxylation sites is 1. The van der Waals surface area contributed by atoms with E-state index in [9.17, 15) is 0 Å². The SMILES string of the molecule is COCc1cn(-c2ccnc(Nc3cc(N)c(N(C)CCN(C)C)cc3OC)n2)c2ccccc12. The van der Waals surface area contributed by atoms with Gasteiger partial charge >= 0.3 is 0 Å². The highest BCUT2D eigenvalue weighted by Crippen LogP contribution is 2.36. The molecule has 0 amide bonds. The molecule has 3 N–H and O–H groups in total. The van der Waals surface area contributed by atoms with Gasteiger partial charge in [0.1, 0.15) is 11.6 Å². The molecule has 0 fully saturated rings. The lowest BCUT2D eigenvalue weighted by molar-refractivity contribution is 0.186. The van der Waals surface area contributed by atoms with Crippen LogP contribution >= 0.6 is 0 Å². The first-order chi connectivity index (χ1) is 16.9. The standard InChI is InChI=1S/C26H33N7O2/c1-31(2)12-13-32(3)23-15-24(35-5)21(14-20(23)27)29-26-28-11-10-25(30-26)33-16-18(17-34-4)19-8-6-7-9-22(19)33/h6-11,14-16H,12-13,17,27H2,1-5H3,(H,28,29,30). The summed E-state index contributed by atoms with van der Waals surface area (Å²) in [5, 5.41) is 4.41. The molecule has 0 aliphatic rings. The van der Waals surface area contributed by atoms with Crippen molar-refractivity contribution in [2.24, 2.45) is 0 Å². The van der Waals surface area contributed by atoms with Crippen molar-refractivity contribution >= 4 is 33.9 Å². The Morgan fingerprint density at radius 2 is 1.86 bits per heavy atom. The molecular formula is C26H33N7O2. The van der Waals surface area contributed by atoms with Crippen molar-refractivity contribution in [3.63, 3.8) is 0 Å². The van der Waals surface area contributed by atoms with E-state index < -0.39 is 0 Å². The molecule has 35 heavy (non-hydrogen) atoms. The van der Waals surface area contributed by atoms with Gasteiger partial charge in [-0.3, -0.25) is 0 Å². The third-order valence-electron chi connectivity index (χ3n) is 5.87. The smallest absolute Gasteiger partial charge is 0.229 e. The average molecular weight is 476 g/mol. The lowest BCUT2D eigenvalue weighted by Crippen LogP contribution is -2.29. The van der Waals surface area contributed by atoms with Gasteiger partial charge in [0.15, 0.2) is 0 Å². The van der Waals surface area contributed by atoms with Crippen LogP contribution in [0.25, 0.3) is 16.7 Å². The fourth-order valence-corrected chi connectivity index (χ4v) is 4.03. The van der Waals surface area contributed by atoms with Crippen LogP contribution in [-0.4, -0.2) is 67.9 Å². The van der Waals surface area contributed by atoms with Gasteiger partial charge in [-0.05, 0) is 32.3 Å². The molecule has 2 heterocycles. The first-order valence-electron chi connectivity index (χ1n) is 11.4. The summed E-state index contributed by atoms with van der Waals surface area (Å²) < 4.78 is 13.1. The van der Waals surface area contributed by atoms with Crippen LogP contribution in [0.15, 0.2) is 54.9 Å². The van der Waals surface area contributed by atoms with E-state index in [1.165, 1.54) is 0 Å². The van der Waals surface area contributed by atoms with Gasteiger partial charge in [0.05, 0.1) is 36.3 Å². The van der Waals surface area contributed by atoms with Crippen LogP contribution in [0.1, 0.15) is 5.56 Å². The van der Waals surface area contributed by atoms with Gasteiger partial charge in [-0.1, -0.05) is 18.2 Å². The van der Waals surface area contributed by atoms with Gasteiger partial charge in [-0.2, -0.15) is 4.98 Å². The lowest BCUT2D eigenvalue weighted by atomic mass is 10.2. The summed E-state index contributed by atoms with van der Waals surface area (Å²) in [6.07, 6.45) is 3.78. The Balaban J connectivity index is 1.64. The van der Waals surface area contributed by atoms with E-state index in [4.69, 9.17) is 20.2 Å². The molecule has 2 aromatic heterocycles. The molecule has 184 valence electrons. The maximum Gasteiger partial charge on any atom is 0.229 e. The Bertz CT molecular complexity index is 1300. The minimum absolute atomic E-state index is 0.444. The van der Waals surface area contributed by atoms with E-state index in [-0.39, 0.29) is 0 Å². The van der Waals surface area contributed by atoms with Crippen molar-refractivity contribution in [1.29, 1.82) is 0 Å². The van der Waals surface area contributed by atoms with Gasteiger partial charge < -0.3 is 34.9 Å². The second-order valence-corrected chi connectivity index (χ2v) is 8.67. The number of benzene rings is 2. The molecule has 4 rings (SSSR count). The Labute approximate surface area is 206 Å². The molecule has 0 saturated carbocycles. The summed E-state index contributed by atoms with van der Waals surface area (Å²) in [5.41, 5.74) is 10.8. The lowest BCUT2D eigenvalue weighted by Gasteiger charge is -2.24. The van der Waals surface area contributed by atoms with E-state index in [1.54, 1.807) is 20.4 Å². The molecule has 2 aromatic carbocycles. The largest absolute Gasteiger partial charge is 0.494 e. The van der Waals surface area contributed by atoms with Crippen molar-refractivity contribution in [2.45, 2.75) is 6.61 Å². The molecule has 0 spiro atoms. The Hall–Kier alpha value is -3.82. The molecule has 9 nitrogen and oxygen atoms in total. The van der Waals surface area contributed by atoms with E-state index in [0.717, 1.165) is 41.1 Å².